The van der Waals surface area contributed by atoms with Crippen LogP contribution in [0.2, 0.25) is 5.02 Å². The highest BCUT2D eigenvalue weighted by atomic mass is 79.9. The summed E-state index contributed by atoms with van der Waals surface area (Å²) in [6.45, 7) is 0.198. The Morgan fingerprint density at radius 1 is 1.00 bits per heavy atom. The fourth-order valence-electron chi connectivity index (χ4n) is 3.39. The van der Waals surface area contributed by atoms with E-state index in [0.717, 1.165) is 17.7 Å². The van der Waals surface area contributed by atoms with Gasteiger partial charge in [0, 0.05) is 10.0 Å². The van der Waals surface area contributed by atoms with Crippen molar-refractivity contribution in [3.63, 3.8) is 0 Å². The first-order valence-electron chi connectivity index (χ1n) is 10.3. The van der Waals surface area contributed by atoms with Gasteiger partial charge in [-0.15, -0.1) is 0 Å². The van der Waals surface area contributed by atoms with Crippen LogP contribution in [-0.4, -0.2) is 17.8 Å². The topological polar surface area (TPSA) is 75.7 Å². The van der Waals surface area contributed by atoms with E-state index >= 15 is 0 Å². The van der Waals surface area contributed by atoms with Gasteiger partial charge in [-0.05, 0) is 48.0 Å². The number of benzene rings is 3. The molecule has 1 N–H and O–H groups in total. The molecule has 4 rings (SSSR count). The summed E-state index contributed by atoms with van der Waals surface area (Å²) in [5.74, 6) is -1.83. The second-order valence-corrected chi connectivity index (χ2v) is 8.90. The summed E-state index contributed by atoms with van der Waals surface area (Å²) < 4.78 is 46.2. The highest BCUT2D eigenvalue weighted by molar-refractivity contribution is 9.10. The average Bonchev–Trinajstić information content (AvgIpc) is 2.82. The van der Waals surface area contributed by atoms with E-state index in [4.69, 9.17) is 16.3 Å². The number of alkyl halides is 3. The van der Waals surface area contributed by atoms with E-state index in [1.165, 1.54) is 6.08 Å². The number of carbonyl (C=O) groups excluding carboxylic acids is 3. The van der Waals surface area contributed by atoms with Gasteiger partial charge in [0.15, 0.2) is 0 Å². The van der Waals surface area contributed by atoms with Crippen molar-refractivity contribution < 1.29 is 32.3 Å². The molecular weight excluding hydrogens is 565 g/mol. The summed E-state index contributed by atoms with van der Waals surface area (Å²) in [6, 6.07) is 15.2. The molecule has 0 aromatic heterocycles. The molecule has 11 heteroatoms. The molecule has 0 atom stereocenters. The number of hydrogen-bond donors (Lipinski definition) is 1. The second kappa shape index (κ2) is 10.2. The molecule has 1 aliphatic rings. The average molecular weight is 580 g/mol. The molecule has 0 bridgehead atoms. The zero-order valence-corrected chi connectivity index (χ0v) is 20.4. The lowest BCUT2D eigenvalue weighted by Gasteiger charge is -2.27. The molecule has 6 nitrogen and oxygen atoms in total. The number of urea groups is 1. The molecule has 36 heavy (non-hydrogen) atoms. The molecule has 184 valence electrons. The number of anilines is 1. The van der Waals surface area contributed by atoms with Crippen LogP contribution in [0.3, 0.4) is 0 Å². The van der Waals surface area contributed by atoms with Gasteiger partial charge in [0.2, 0.25) is 0 Å². The highest BCUT2D eigenvalue weighted by Gasteiger charge is 2.39. The minimum absolute atomic E-state index is 0.198. The van der Waals surface area contributed by atoms with Crippen LogP contribution in [-0.2, 0) is 22.4 Å². The predicted molar refractivity (Wildman–Crippen MR) is 130 cm³/mol. The fraction of sp³-hybridized carbons (Fsp3) is 0.0800. The van der Waals surface area contributed by atoms with Gasteiger partial charge < -0.3 is 4.74 Å². The highest BCUT2D eigenvalue weighted by Crippen LogP contribution is 2.37. The zero-order chi connectivity index (χ0) is 26.0. The maximum atomic E-state index is 13.2. The number of nitrogens with one attached hydrogen (secondary N) is 1. The number of imide groups is 2. The van der Waals surface area contributed by atoms with Crippen molar-refractivity contribution in [1.82, 2.24) is 5.32 Å². The van der Waals surface area contributed by atoms with Crippen LogP contribution in [0.5, 0.6) is 5.75 Å². The van der Waals surface area contributed by atoms with Crippen LogP contribution in [0, 0.1) is 0 Å². The molecule has 3 aromatic carbocycles. The van der Waals surface area contributed by atoms with E-state index in [9.17, 15) is 27.6 Å². The van der Waals surface area contributed by atoms with Crippen LogP contribution < -0.4 is 15.0 Å². The molecule has 1 aliphatic heterocycles. The summed E-state index contributed by atoms with van der Waals surface area (Å²) in [5.41, 5.74) is -0.925. The van der Waals surface area contributed by atoms with Crippen molar-refractivity contribution >= 4 is 57.1 Å². The van der Waals surface area contributed by atoms with Crippen LogP contribution in [0.25, 0.3) is 6.08 Å². The number of halogens is 5. The number of carbonyl (C=O) groups is 3. The number of rotatable bonds is 5. The number of amides is 4. The molecule has 1 heterocycles. The third-order valence-corrected chi connectivity index (χ3v) is 5.94. The van der Waals surface area contributed by atoms with Gasteiger partial charge in [0.05, 0.1) is 16.3 Å². The van der Waals surface area contributed by atoms with Gasteiger partial charge in [-0.2, -0.15) is 13.2 Å². The molecule has 0 radical (unpaired) electrons. The second-order valence-electron chi connectivity index (χ2n) is 7.58. The lowest BCUT2D eigenvalue weighted by molar-refractivity contribution is -0.137. The quantitative estimate of drug-likeness (QED) is 0.282. The molecule has 1 saturated heterocycles. The molecule has 1 fully saturated rings. The predicted octanol–water partition coefficient (Wildman–Crippen LogP) is 6.37. The molecule has 0 saturated carbocycles. The Morgan fingerprint density at radius 2 is 1.72 bits per heavy atom. The third-order valence-electron chi connectivity index (χ3n) is 5.12. The van der Waals surface area contributed by atoms with Crippen molar-refractivity contribution in [2.45, 2.75) is 12.8 Å². The number of hydrogen-bond acceptors (Lipinski definition) is 4. The zero-order valence-electron chi connectivity index (χ0n) is 18.1. The normalized spacial score (nSPS) is 15.3. The van der Waals surface area contributed by atoms with E-state index in [0.29, 0.717) is 26.8 Å². The Bertz CT molecular complexity index is 1390. The standard InChI is InChI=1S/C25H15BrClF3N2O4/c26-17-7-9-21(36-13-14-4-2-1-3-5-14)15(10-17)11-18-22(33)31-24(35)32(23(18)34)20-12-16(25(28,29)30)6-8-19(20)27/h1-12H,13H2,(H,31,33,35)/b18-11-. The monoisotopic (exact) mass is 578 g/mol. The summed E-state index contributed by atoms with van der Waals surface area (Å²) in [4.78, 5) is 38.7. The Kier molecular flexibility index (Phi) is 7.18. The van der Waals surface area contributed by atoms with E-state index in [1.807, 2.05) is 35.6 Å². The van der Waals surface area contributed by atoms with Crippen LogP contribution in [0.15, 0.2) is 76.8 Å². The van der Waals surface area contributed by atoms with Gasteiger partial charge in [0.25, 0.3) is 11.8 Å². The first-order chi connectivity index (χ1) is 17.0. The molecule has 4 amide bonds. The van der Waals surface area contributed by atoms with E-state index in [2.05, 4.69) is 15.9 Å². The largest absolute Gasteiger partial charge is 0.488 e. The summed E-state index contributed by atoms with van der Waals surface area (Å²) in [7, 11) is 0. The van der Waals surface area contributed by atoms with Gasteiger partial charge in [-0.25, -0.2) is 9.69 Å². The minimum Gasteiger partial charge on any atom is -0.488 e. The Hall–Kier alpha value is -3.63. The van der Waals surface area contributed by atoms with Crippen molar-refractivity contribution in [3.05, 3.63) is 98.5 Å². The van der Waals surface area contributed by atoms with Gasteiger partial charge in [-0.1, -0.05) is 57.9 Å². The van der Waals surface area contributed by atoms with E-state index in [-0.39, 0.29) is 11.6 Å². The Balaban J connectivity index is 1.72. The first kappa shape index (κ1) is 25.5. The molecule has 0 aliphatic carbocycles. The van der Waals surface area contributed by atoms with Crippen LogP contribution in [0.1, 0.15) is 16.7 Å². The minimum atomic E-state index is -4.75. The van der Waals surface area contributed by atoms with Gasteiger partial charge >= 0.3 is 12.2 Å². The lowest BCUT2D eigenvalue weighted by Crippen LogP contribution is -2.54. The smallest absolute Gasteiger partial charge is 0.416 e. The number of nitrogens with zero attached hydrogens (tertiary/aromatic N) is 1. The molecule has 0 unspecified atom stereocenters. The molecule has 0 spiro atoms. The van der Waals surface area contributed by atoms with Crippen molar-refractivity contribution in [1.29, 1.82) is 0 Å². The number of ether oxygens (including phenoxy) is 1. The maximum Gasteiger partial charge on any atom is 0.416 e. The fourth-order valence-corrected chi connectivity index (χ4v) is 3.97. The van der Waals surface area contributed by atoms with Crippen LogP contribution in [0.4, 0.5) is 23.7 Å². The van der Waals surface area contributed by atoms with Crippen molar-refractivity contribution in [2.75, 3.05) is 4.90 Å². The lowest BCUT2D eigenvalue weighted by atomic mass is 10.1. The van der Waals surface area contributed by atoms with Gasteiger partial charge in [0.1, 0.15) is 17.9 Å². The van der Waals surface area contributed by atoms with E-state index in [1.54, 1.807) is 18.2 Å². The Morgan fingerprint density at radius 3 is 2.42 bits per heavy atom. The first-order valence-corrected chi connectivity index (χ1v) is 11.5. The summed E-state index contributed by atoms with van der Waals surface area (Å²) in [6.07, 6.45) is -3.55. The Labute approximate surface area is 216 Å². The SMILES string of the molecule is O=C1NC(=O)N(c2cc(C(F)(F)F)ccc2Cl)C(=O)/C1=C\c1cc(Br)ccc1OCc1ccccc1. The maximum absolute atomic E-state index is 13.2. The van der Waals surface area contributed by atoms with Crippen LogP contribution >= 0.6 is 27.5 Å². The van der Waals surface area contributed by atoms with E-state index < -0.39 is 40.8 Å². The third kappa shape index (κ3) is 5.44. The summed E-state index contributed by atoms with van der Waals surface area (Å²) in [5, 5.41) is 1.69. The van der Waals surface area contributed by atoms with Crippen molar-refractivity contribution in [2.24, 2.45) is 0 Å². The molecular formula is C25H15BrClF3N2O4. The van der Waals surface area contributed by atoms with Gasteiger partial charge in [-0.3, -0.25) is 14.9 Å². The molecule has 3 aromatic rings. The summed E-state index contributed by atoms with van der Waals surface area (Å²) >= 11 is 9.35. The number of barbiturate groups is 1. The van der Waals surface area contributed by atoms with Crippen molar-refractivity contribution in [3.8, 4) is 5.75 Å².